The highest BCUT2D eigenvalue weighted by atomic mass is 79.9. The molecule has 1 unspecified atom stereocenters. The Kier molecular flexibility index (Phi) is 4.84. The summed E-state index contributed by atoms with van der Waals surface area (Å²) in [4.78, 5) is 12.3. The van der Waals surface area contributed by atoms with Gasteiger partial charge in [0.25, 0.3) is 5.91 Å². The number of halogens is 2. The average Bonchev–Trinajstić information content (AvgIpc) is 2.42. The van der Waals surface area contributed by atoms with Crippen LogP contribution in [0.15, 0.2) is 46.9 Å². The maximum absolute atomic E-state index is 12.3. The van der Waals surface area contributed by atoms with Crippen LogP contribution in [-0.2, 0) is 0 Å². The van der Waals surface area contributed by atoms with E-state index in [1.165, 1.54) is 0 Å². The van der Waals surface area contributed by atoms with Crippen molar-refractivity contribution in [1.82, 2.24) is 5.32 Å². The molecule has 104 valence electrons. The first-order valence-electron chi connectivity index (χ1n) is 6.30. The zero-order valence-corrected chi connectivity index (χ0v) is 13.6. The zero-order chi connectivity index (χ0) is 14.7. The molecule has 0 aliphatic heterocycles. The van der Waals surface area contributed by atoms with Crippen LogP contribution < -0.4 is 5.32 Å². The molecule has 4 heteroatoms. The van der Waals surface area contributed by atoms with Gasteiger partial charge in [0, 0.05) is 4.47 Å². The van der Waals surface area contributed by atoms with Crippen molar-refractivity contribution in [3.05, 3.63) is 68.7 Å². The van der Waals surface area contributed by atoms with E-state index in [0.29, 0.717) is 10.6 Å². The number of carbonyl (C=O) groups excluding carboxylic acids is 1. The van der Waals surface area contributed by atoms with Gasteiger partial charge < -0.3 is 5.32 Å². The smallest absolute Gasteiger partial charge is 0.253 e. The van der Waals surface area contributed by atoms with E-state index in [9.17, 15) is 4.79 Å². The number of hydrogen-bond donors (Lipinski definition) is 1. The first-order valence-corrected chi connectivity index (χ1v) is 7.47. The molecule has 0 bridgehead atoms. The van der Waals surface area contributed by atoms with E-state index < -0.39 is 0 Å². The molecule has 0 spiro atoms. The monoisotopic (exact) mass is 351 g/mol. The summed E-state index contributed by atoms with van der Waals surface area (Å²) >= 11 is 9.57. The molecule has 2 nitrogen and oxygen atoms in total. The van der Waals surface area contributed by atoms with Crippen LogP contribution >= 0.6 is 27.5 Å². The topological polar surface area (TPSA) is 29.1 Å². The van der Waals surface area contributed by atoms with E-state index >= 15 is 0 Å². The summed E-state index contributed by atoms with van der Waals surface area (Å²) in [7, 11) is 0. The third-order valence-corrected chi connectivity index (χ3v) is 4.18. The Bertz CT molecular complexity index is 625. The van der Waals surface area contributed by atoms with Crippen LogP contribution in [0.25, 0.3) is 0 Å². The predicted octanol–water partition coefficient (Wildman–Crippen LogP) is 4.90. The highest BCUT2D eigenvalue weighted by Crippen LogP contribution is 2.22. The lowest BCUT2D eigenvalue weighted by Gasteiger charge is -2.15. The van der Waals surface area contributed by atoms with Crippen molar-refractivity contribution >= 4 is 33.4 Å². The molecule has 0 aliphatic carbocycles. The standard InChI is InChI=1S/C16H15BrClNO/c1-10-4-3-5-14(15(10)18)16(20)19-11(2)12-6-8-13(17)9-7-12/h3-9,11H,1-2H3,(H,19,20). The number of nitrogens with one attached hydrogen (secondary N) is 1. The Morgan fingerprint density at radius 1 is 1.20 bits per heavy atom. The summed E-state index contributed by atoms with van der Waals surface area (Å²) in [6.07, 6.45) is 0. The molecular weight excluding hydrogens is 338 g/mol. The van der Waals surface area contributed by atoms with Gasteiger partial charge in [-0.2, -0.15) is 0 Å². The second-order valence-corrected chi connectivity index (χ2v) is 5.98. The molecule has 2 aromatic rings. The van der Waals surface area contributed by atoms with Gasteiger partial charge in [0.15, 0.2) is 0 Å². The Labute approximate surface area is 132 Å². The molecule has 0 saturated heterocycles. The second-order valence-electron chi connectivity index (χ2n) is 4.68. The summed E-state index contributed by atoms with van der Waals surface area (Å²) in [5, 5.41) is 3.47. The van der Waals surface area contributed by atoms with Gasteiger partial charge in [-0.25, -0.2) is 0 Å². The van der Waals surface area contributed by atoms with Crippen LogP contribution in [0.4, 0.5) is 0 Å². The van der Waals surface area contributed by atoms with Crippen LogP contribution in [-0.4, -0.2) is 5.91 Å². The summed E-state index contributed by atoms with van der Waals surface area (Å²) in [5.74, 6) is -0.158. The molecule has 0 aromatic heterocycles. The van der Waals surface area contributed by atoms with Crippen molar-refractivity contribution in [3.63, 3.8) is 0 Å². The molecule has 2 rings (SSSR count). The second kappa shape index (κ2) is 6.42. The summed E-state index contributed by atoms with van der Waals surface area (Å²) in [6.45, 7) is 3.84. The molecule has 1 amide bonds. The Balaban J connectivity index is 2.15. The van der Waals surface area contributed by atoms with Crippen molar-refractivity contribution in [2.75, 3.05) is 0 Å². The number of benzene rings is 2. The first kappa shape index (κ1) is 15.1. The number of amides is 1. The van der Waals surface area contributed by atoms with Crippen molar-refractivity contribution < 1.29 is 4.79 Å². The predicted molar refractivity (Wildman–Crippen MR) is 86.2 cm³/mol. The van der Waals surface area contributed by atoms with Crippen LogP contribution in [0.1, 0.15) is 34.5 Å². The lowest BCUT2D eigenvalue weighted by atomic mass is 10.1. The van der Waals surface area contributed by atoms with E-state index in [0.717, 1.165) is 15.6 Å². The molecule has 0 aliphatic rings. The van der Waals surface area contributed by atoms with E-state index in [-0.39, 0.29) is 11.9 Å². The maximum Gasteiger partial charge on any atom is 0.253 e. The molecular formula is C16H15BrClNO. The van der Waals surface area contributed by atoms with Gasteiger partial charge >= 0.3 is 0 Å². The van der Waals surface area contributed by atoms with Crippen molar-refractivity contribution in [3.8, 4) is 0 Å². The van der Waals surface area contributed by atoms with E-state index in [4.69, 9.17) is 11.6 Å². The van der Waals surface area contributed by atoms with E-state index in [1.54, 1.807) is 6.07 Å². The van der Waals surface area contributed by atoms with Crippen molar-refractivity contribution in [2.24, 2.45) is 0 Å². The van der Waals surface area contributed by atoms with Gasteiger partial charge in [-0.15, -0.1) is 0 Å². The average molecular weight is 353 g/mol. The summed E-state index contributed by atoms with van der Waals surface area (Å²) in [6, 6.07) is 13.2. The molecule has 2 aromatic carbocycles. The van der Waals surface area contributed by atoms with Gasteiger partial charge in [-0.1, -0.05) is 51.8 Å². The molecule has 0 heterocycles. The Hall–Kier alpha value is -1.32. The maximum atomic E-state index is 12.3. The Morgan fingerprint density at radius 2 is 1.85 bits per heavy atom. The summed E-state index contributed by atoms with van der Waals surface area (Å²) < 4.78 is 1.02. The summed E-state index contributed by atoms with van der Waals surface area (Å²) in [5.41, 5.74) is 2.46. The third-order valence-electron chi connectivity index (χ3n) is 3.15. The fourth-order valence-electron chi connectivity index (χ4n) is 1.93. The van der Waals surface area contributed by atoms with Gasteiger partial charge in [0.2, 0.25) is 0 Å². The largest absolute Gasteiger partial charge is 0.345 e. The van der Waals surface area contributed by atoms with Crippen LogP contribution in [0.5, 0.6) is 0 Å². The minimum Gasteiger partial charge on any atom is -0.345 e. The van der Waals surface area contributed by atoms with E-state index in [2.05, 4.69) is 21.2 Å². The number of aryl methyl sites for hydroxylation is 1. The quantitative estimate of drug-likeness (QED) is 0.836. The minimum atomic E-state index is -0.158. The van der Waals surface area contributed by atoms with Gasteiger partial charge in [-0.3, -0.25) is 4.79 Å². The minimum absolute atomic E-state index is 0.0767. The SMILES string of the molecule is Cc1cccc(C(=O)NC(C)c2ccc(Br)cc2)c1Cl. The molecule has 1 atom stereocenters. The molecule has 0 radical (unpaired) electrons. The highest BCUT2D eigenvalue weighted by molar-refractivity contribution is 9.10. The van der Waals surface area contributed by atoms with Crippen molar-refractivity contribution in [1.29, 1.82) is 0 Å². The fourth-order valence-corrected chi connectivity index (χ4v) is 2.41. The number of carbonyl (C=O) groups is 1. The van der Waals surface area contributed by atoms with E-state index in [1.807, 2.05) is 50.2 Å². The highest BCUT2D eigenvalue weighted by Gasteiger charge is 2.14. The molecule has 0 fully saturated rings. The van der Waals surface area contributed by atoms with Gasteiger partial charge in [0.1, 0.15) is 0 Å². The molecule has 0 saturated carbocycles. The third kappa shape index (κ3) is 3.41. The lowest BCUT2D eigenvalue weighted by Crippen LogP contribution is -2.27. The Morgan fingerprint density at radius 3 is 2.50 bits per heavy atom. The van der Waals surface area contributed by atoms with Gasteiger partial charge in [-0.05, 0) is 43.2 Å². The zero-order valence-electron chi connectivity index (χ0n) is 11.3. The molecule has 20 heavy (non-hydrogen) atoms. The number of hydrogen-bond acceptors (Lipinski definition) is 1. The van der Waals surface area contributed by atoms with Crippen LogP contribution in [0.2, 0.25) is 5.02 Å². The first-order chi connectivity index (χ1) is 9.49. The normalized spacial score (nSPS) is 12.0. The fraction of sp³-hybridized carbons (Fsp3) is 0.188. The van der Waals surface area contributed by atoms with Gasteiger partial charge in [0.05, 0.1) is 16.6 Å². The van der Waals surface area contributed by atoms with Crippen LogP contribution in [0, 0.1) is 6.92 Å². The van der Waals surface area contributed by atoms with Crippen molar-refractivity contribution in [2.45, 2.75) is 19.9 Å². The van der Waals surface area contributed by atoms with Crippen LogP contribution in [0.3, 0.4) is 0 Å². The lowest BCUT2D eigenvalue weighted by molar-refractivity contribution is 0.0940. The molecule has 1 N–H and O–H groups in total. The number of rotatable bonds is 3.